The van der Waals surface area contributed by atoms with Crippen molar-refractivity contribution in [3.05, 3.63) is 52.5 Å². The molecule has 2 aromatic rings. The number of hydrogen-bond donors (Lipinski definition) is 2. The SMILES string of the molecule is CC1C(C(=O)Nc2ccccc2)=CNc2sc(C(=O)N(C)C)c(N=CN(C)C)c21. The largest absolute Gasteiger partial charge is 0.369 e. The van der Waals surface area contributed by atoms with Crippen LogP contribution in [0.1, 0.15) is 28.1 Å². The molecule has 0 fully saturated rings. The van der Waals surface area contributed by atoms with Crippen LogP contribution in [0.2, 0.25) is 0 Å². The van der Waals surface area contributed by atoms with E-state index in [1.807, 2.05) is 56.3 Å². The number of nitrogens with one attached hydrogen (secondary N) is 2. The molecule has 2 amide bonds. The van der Waals surface area contributed by atoms with Gasteiger partial charge in [0.1, 0.15) is 4.88 Å². The second-order valence-corrected chi connectivity index (χ2v) is 8.24. The van der Waals surface area contributed by atoms with Gasteiger partial charge in [-0.05, 0) is 12.1 Å². The lowest BCUT2D eigenvalue weighted by atomic mass is 9.90. The summed E-state index contributed by atoms with van der Waals surface area (Å²) in [6.45, 7) is 1.96. The van der Waals surface area contributed by atoms with Crippen LogP contribution < -0.4 is 10.6 Å². The zero-order chi connectivity index (χ0) is 21.1. The fourth-order valence-corrected chi connectivity index (χ4v) is 4.24. The van der Waals surface area contributed by atoms with E-state index >= 15 is 0 Å². The third kappa shape index (κ3) is 4.32. The van der Waals surface area contributed by atoms with Gasteiger partial charge in [0, 0.05) is 57.1 Å². The molecule has 152 valence electrons. The molecule has 0 radical (unpaired) electrons. The molecule has 0 bridgehead atoms. The third-order valence-electron chi connectivity index (χ3n) is 4.49. The zero-order valence-electron chi connectivity index (χ0n) is 17.2. The highest BCUT2D eigenvalue weighted by atomic mass is 32.1. The van der Waals surface area contributed by atoms with Gasteiger partial charge in [-0.15, -0.1) is 11.3 Å². The first-order valence-corrected chi connectivity index (χ1v) is 10.0. The van der Waals surface area contributed by atoms with Crippen molar-refractivity contribution in [3.63, 3.8) is 0 Å². The van der Waals surface area contributed by atoms with Gasteiger partial charge >= 0.3 is 0 Å². The van der Waals surface area contributed by atoms with Crippen LogP contribution in [0.25, 0.3) is 0 Å². The number of aliphatic imine (C=N–C) groups is 1. The van der Waals surface area contributed by atoms with Gasteiger partial charge in [0.05, 0.1) is 17.0 Å². The minimum absolute atomic E-state index is 0.111. The van der Waals surface area contributed by atoms with E-state index in [0.717, 1.165) is 16.3 Å². The molecule has 0 saturated carbocycles. The highest BCUT2D eigenvalue weighted by Crippen LogP contribution is 2.48. The maximum absolute atomic E-state index is 12.9. The lowest BCUT2D eigenvalue weighted by Gasteiger charge is -2.22. The van der Waals surface area contributed by atoms with Gasteiger partial charge in [0.2, 0.25) is 0 Å². The predicted octanol–water partition coefficient (Wildman–Crippen LogP) is 3.72. The molecule has 7 nitrogen and oxygen atoms in total. The predicted molar refractivity (Wildman–Crippen MR) is 119 cm³/mol. The maximum Gasteiger partial charge on any atom is 0.265 e. The summed E-state index contributed by atoms with van der Waals surface area (Å²) in [5.74, 6) is -0.514. The Labute approximate surface area is 174 Å². The fraction of sp³-hybridized carbons (Fsp3) is 0.286. The van der Waals surface area contributed by atoms with Crippen molar-refractivity contribution in [1.82, 2.24) is 9.80 Å². The quantitative estimate of drug-likeness (QED) is 0.581. The molecule has 0 spiro atoms. The van der Waals surface area contributed by atoms with E-state index in [4.69, 9.17) is 0 Å². The van der Waals surface area contributed by atoms with E-state index in [1.54, 1.807) is 26.6 Å². The van der Waals surface area contributed by atoms with Gasteiger partial charge in [0.15, 0.2) is 0 Å². The number of carbonyl (C=O) groups excluding carboxylic acids is 2. The van der Waals surface area contributed by atoms with E-state index in [-0.39, 0.29) is 17.7 Å². The maximum atomic E-state index is 12.9. The summed E-state index contributed by atoms with van der Waals surface area (Å²) in [6, 6.07) is 9.33. The molecule has 0 saturated heterocycles. The summed E-state index contributed by atoms with van der Waals surface area (Å²) in [5, 5.41) is 6.95. The number of carbonyl (C=O) groups is 2. The third-order valence-corrected chi connectivity index (χ3v) is 5.60. The summed E-state index contributed by atoms with van der Waals surface area (Å²) >= 11 is 1.36. The number of rotatable bonds is 5. The Balaban J connectivity index is 1.97. The molecule has 1 aliphatic rings. The van der Waals surface area contributed by atoms with Crippen LogP contribution in [0.5, 0.6) is 0 Å². The first kappa shape index (κ1) is 20.6. The van der Waals surface area contributed by atoms with Crippen LogP contribution in [-0.4, -0.2) is 56.1 Å². The van der Waals surface area contributed by atoms with Crippen molar-refractivity contribution in [1.29, 1.82) is 0 Å². The van der Waals surface area contributed by atoms with Gasteiger partial charge in [-0.3, -0.25) is 9.59 Å². The molecular formula is C21H25N5O2S. The number of anilines is 2. The summed E-state index contributed by atoms with van der Waals surface area (Å²) in [4.78, 5) is 34.1. The zero-order valence-corrected chi connectivity index (χ0v) is 18.0. The Kier molecular flexibility index (Phi) is 6.03. The topological polar surface area (TPSA) is 77.0 Å². The number of thiophene rings is 1. The first-order chi connectivity index (χ1) is 13.8. The van der Waals surface area contributed by atoms with Crippen molar-refractivity contribution in [2.75, 3.05) is 38.8 Å². The normalized spacial score (nSPS) is 15.3. The summed E-state index contributed by atoms with van der Waals surface area (Å²) in [6.07, 6.45) is 3.38. The molecule has 0 aliphatic carbocycles. The number of nitrogens with zero attached hydrogens (tertiary/aromatic N) is 3. The molecule has 1 aromatic heterocycles. The molecule has 1 atom stereocenters. The van der Waals surface area contributed by atoms with Crippen molar-refractivity contribution in [2.24, 2.45) is 4.99 Å². The van der Waals surface area contributed by atoms with E-state index in [0.29, 0.717) is 16.1 Å². The summed E-state index contributed by atoms with van der Waals surface area (Å²) in [5.41, 5.74) is 2.79. The summed E-state index contributed by atoms with van der Waals surface area (Å²) in [7, 11) is 7.18. The number of fused-ring (bicyclic) bond motifs is 1. The van der Waals surface area contributed by atoms with Crippen LogP contribution in [0.15, 0.2) is 47.1 Å². The van der Waals surface area contributed by atoms with Crippen molar-refractivity contribution >= 4 is 45.9 Å². The first-order valence-electron chi connectivity index (χ1n) is 9.21. The van der Waals surface area contributed by atoms with Gasteiger partial charge < -0.3 is 20.4 Å². The molecule has 1 aliphatic heterocycles. The average Bonchev–Trinajstić information content (AvgIpc) is 3.05. The Bertz CT molecular complexity index is 976. The average molecular weight is 412 g/mol. The number of hydrogen-bond acceptors (Lipinski definition) is 5. The van der Waals surface area contributed by atoms with E-state index in [9.17, 15) is 9.59 Å². The minimum atomic E-state index is -0.218. The molecule has 8 heteroatoms. The van der Waals surface area contributed by atoms with E-state index in [1.165, 1.54) is 16.2 Å². The van der Waals surface area contributed by atoms with Crippen LogP contribution in [0.3, 0.4) is 0 Å². The molecule has 3 rings (SSSR count). The Morgan fingerprint density at radius 3 is 2.48 bits per heavy atom. The second-order valence-electron chi connectivity index (χ2n) is 7.22. The van der Waals surface area contributed by atoms with E-state index in [2.05, 4.69) is 15.6 Å². The molecule has 29 heavy (non-hydrogen) atoms. The van der Waals surface area contributed by atoms with Gasteiger partial charge in [0.25, 0.3) is 11.8 Å². The molecular weight excluding hydrogens is 386 g/mol. The molecule has 2 heterocycles. The highest BCUT2D eigenvalue weighted by Gasteiger charge is 2.32. The highest BCUT2D eigenvalue weighted by molar-refractivity contribution is 7.18. The molecule has 1 unspecified atom stereocenters. The molecule has 1 aromatic carbocycles. The molecule has 2 N–H and O–H groups in total. The van der Waals surface area contributed by atoms with Gasteiger partial charge in [-0.2, -0.15) is 0 Å². The Morgan fingerprint density at radius 1 is 1.17 bits per heavy atom. The number of amides is 2. The monoisotopic (exact) mass is 411 g/mol. The van der Waals surface area contributed by atoms with Crippen LogP contribution in [0.4, 0.5) is 16.4 Å². The Morgan fingerprint density at radius 2 is 1.86 bits per heavy atom. The lowest BCUT2D eigenvalue weighted by molar-refractivity contribution is -0.113. The Hall–Kier alpha value is -3.13. The van der Waals surface area contributed by atoms with Crippen LogP contribution in [0, 0.1) is 0 Å². The van der Waals surface area contributed by atoms with Crippen molar-refractivity contribution < 1.29 is 9.59 Å². The number of para-hydroxylation sites is 1. The van der Waals surface area contributed by atoms with Gasteiger partial charge in [-0.25, -0.2) is 4.99 Å². The van der Waals surface area contributed by atoms with Crippen LogP contribution >= 0.6 is 11.3 Å². The lowest BCUT2D eigenvalue weighted by Crippen LogP contribution is -2.22. The standard InChI is InChI=1S/C21H25N5O2S/c1-13-15(19(27)24-14-9-7-6-8-10-14)11-22-20-16(13)17(23-12-25(2)3)18(29-20)21(28)26(4)5/h6-13,22H,1-5H3,(H,24,27). The second kappa shape index (κ2) is 8.48. The van der Waals surface area contributed by atoms with Crippen LogP contribution in [-0.2, 0) is 4.79 Å². The van der Waals surface area contributed by atoms with Crippen molar-refractivity contribution in [3.8, 4) is 0 Å². The fourth-order valence-electron chi connectivity index (χ4n) is 3.00. The van der Waals surface area contributed by atoms with E-state index < -0.39 is 0 Å². The summed E-state index contributed by atoms with van der Waals surface area (Å²) < 4.78 is 0. The minimum Gasteiger partial charge on any atom is -0.369 e. The van der Waals surface area contributed by atoms with Crippen molar-refractivity contribution in [2.45, 2.75) is 12.8 Å². The number of benzene rings is 1. The smallest absolute Gasteiger partial charge is 0.265 e. The van der Waals surface area contributed by atoms with Gasteiger partial charge in [-0.1, -0.05) is 25.1 Å².